The van der Waals surface area contributed by atoms with Gasteiger partial charge in [0.2, 0.25) is 0 Å². The van der Waals surface area contributed by atoms with Crippen LogP contribution in [0.25, 0.3) is 0 Å². The van der Waals surface area contributed by atoms with Gasteiger partial charge in [0.25, 0.3) is 0 Å². The van der Waals surface area contributed by atoms with Crippen molar-refractivity contribution in [2.24, 2.45) is 0 Å². The molecule has 1 aromatic carbocycles. The fourth-order valence-electron chi connectivity index (χ4n) is 1.97. The lowest BCUT2D eigenvalue weighted by Gasteiger charge is -2.22. The quantitative estimate of drug-likeness (QED) is 0.723. The van der Waals surface area contributed by atoms with E-state index in [-0.39, 0.29) is 19.0 Å². The Morgan fingerprint density at radius 1 is 1.18 bits per heavy atom. The van der Waals surface area contributed by atoms with Gasteiger partial charge in [-0.05, 0) is 11.6 Å². The van der Waals surface area contributed by atoms with Crippen molar-refractivity contribution >= 4 is 12.0 Å². The van der Waals surface area contributed by atoms with Crippen LogP contribution in [0.15, 0.2) is 42.6 Å². The van der Waals surface area contributed by atoms with Crippen LogP contribution in [0.3, 0.4) is 0 Å². The van der Waals surface area contributed by atoms with Gasteiger partial charge < -0.3 is 15.3 Å². The number of nitrogens with one attached hydrogen (secondary N) is 2. The van der Waals surface area contributed by atoms with E-state index in [0.29, 0.717) is 13.1 Å². The maximum Gasteiger partial charge on any atom is 0.318 e. The van der Waals surface area contributed by atoms with Gasteiger partial charge in [0, 0.05) is 19.3 Å². The summed E-state index contributed by atoms with van der Waals surface area (Å²) in [6.45, 7) is 0.898. The van der Waals surface area contributed by atoms with Gasteiger partial charge in [-0.2, -0.15) is 5.10 Å². The molecule has 2 amide bonds. The van der Waals surface area contributed by atoms with Crippen molar-refractivity contribution in [2.75, 3.05) is 6.54 Å². The molecule has 0 bridgehead atoms. The first-order chi connectivity index (χ1) is 10.6. The van der Waals surface area contributed by atoms with Crippen LogP contribution in [-0.2, 0) is 17.9 Å². The monoisotopic (exact) mass is 302 g/mol. The lowest BCUT2D eigenvalue weighted by atomic mass is 10.2. The summed E-state index contributed by atoms with van der Waals surface area (Å²) in [6, 6.07) is 11.1. The normalized spacial score (nSPS) is 10.2. The zero-order chi connectivity index (χ0) is 15.8. The van der Waals surface area contributed by atoms with E-state index in [0.717, 1.165) is 11.3 Å². The molecule has 0 fully saturated rings. The number of carboxylic acid groups (broad SMARTS) is 1. The van der Waals surface area contributed by atoms with E-state index in [1.807, 2.05) is 30.3 Å². The second kappa shape index (κ2) is 7.82. The van der Waals surface area contributed by atoms with Crippen molar-refractivity contribution in [1.82, 2.24) is 20.4 Å². The SMILES string of the molecule is O=C(O)CCNC(=O)N(Cc1ccccc1)Cc1ccn[nH]1. The van der Waals surface area contributed by atoms with Crippen molar-refractivity contribution in [3.05, 3.63) is 53.9 Å². The van der Waals surface area contributed by atoms with E-state index >= 15 is 0 Å². The van der Waals surface area contributed by atoms with Crippen LogP contribution in [0.2, 0.25) is 0 Å². The Bertz CT molecular complexity index is 599. The number of hydrogen-bond donors (Lipinski definition) is 3. The molecule has 0 saturated heterocycles. The lowest BCUT2D eigenvalue weighted by molar-refractivity contribution is -0.136. The number of carbonyl (C=O) groups is 2. The van der Waals surface area contributed by atoms with Gasteiger partial charge in [-0.1, -0.05) is 30.3 Å². The van der Waals surface area contributed by atoms with E-state index in [1.54, 1.807) is 17.2 Å². The van der Waals surface area contributed by atoms with Gasteiger partial charge >= 0.3 is 12.0 Å². The summed E-state index contributed by atoms with van der Waals surface area (Å²) < 4.78 is 0. The molecule has 0 radical (unpaired) electrons. The molecule has 116 valence electrons. The number of aliphatic carboxylic acids is 1. The highest BCUT2D eigenvalue weighted by atomic mass is 16.4. The zero-order valence-corrected chi connectivity index (χ0v) is 12.0. The third kappa shape index (κ3) is 4.93. The van der Waals surface area contributed by atoms with Crippen molar-refractivity contribution in [3.63, 3.8) is 0 Å². The van der Waals surface area contributed by atoms with Crippen LogP contribution in [0, 0.1) is 0 Å². The highest BCUT2D eigenvalue weighted by Crippen LogP contribution is 2.08. The maximum atomic E-state index is 12.2. The molecule has 2 rings (SSSR count). The first kappa shape index (κ1) is 15.6. The molecule has 22 heavy (non-hydrogen) atoms. The predicted molar refractivity (Wildman–Crippen MR) is 79.9 cm³/mol. The number of aromatic nitrogens is 2. The average molecular weight is 302 g/mol. The number of H-pyrrole nitrogens is 1. The number of aromatic amines is 1. The number of carboxylic acids is 1. The maximum absolute atomic E-state index is 12.2. The summed E-state index contributed by atoms with van der Waals surface area (Å²) in [7, 11) is 0. The van der Waals surface area contributed by atoms with E-state index < -0.39 is 5.97 Å². The number of benzene rings is 1. The molecule has 0 atom stereocenters. The average Bonchev–Trinajstić information content (AvgIpc) is 3.00. The molecular formula is C15H18N4O3. The number of amides is 2. The minimum absolute atomic E-state index is 0.0996. The summed E-state index contributed by atoms with van der Waals surface area (Å²) >= 11 is 0. The molecule has 1 heterocycles. The molecule has 0 spiro atoms. The van der Waals surface area contributed by atoms with Crippen LogP contribution in [0.1, 0.15) is 17.7 Å². The van der Waals surface area contributed by atoms with Crippen LogP contribution >= 0.6 is 0 Å². The van der Waals surface area contributed by atoms with Crippen molar-refractivity contribution in [2.45, 2.75) is 19.5 Å². The number of hydrogen-bond acceptors (Lipinski definition) is 3. The molecule has 1 aromatic heterocycles. The molecule has 0 saturated carbocycles. The number of carbonyl (C=O) groups excluding carboxylic acids is 1. The van der Waals surface area contributed by atoms with Gasteiger partial charge in [0.15, 0.2) is 0 Å². The van der Waals surface area contributed by atoms with Gasteiger partial charge in [-0.3, -0.25) is 9.89 Å². The standard InChI is InChI=1S/C15H18N4O3/c20-14(21)7-8-16-15(22)19(11-13-6-9-17-18-13)10-12-4-2-1-3-5-12/h1-6,9H,7-8,10-11H2,(H,16,22)(H,17,18)(H,20,21). The van der Waals surface area contributed by atoms with E-state index in [1.165, 1.54) is 0 Å². The first-order valence-corrected chi connectivity index (χ1v) is 6.92. The number of nitrogens with zero attached hydrogens (tertiary/aromatic N) is 2. The second-order valence-corrected chi connectivity index (χ2v) is 4.80. The summed E-state index contributed by atoms with van der Waals surface area (Å²) in [6.07, 6.45) is 1.52. The van der Waals surface area contributed by atoms with E-state index in [2.05, 4.69) is 15.5 Å². The summed E-state index contributed by atoms with van der Waals surface area (Å²) in [4.78, 5) is 24.4. The Balaban J connectivity index is 2.00. The third-order valence-corrected chi connectivity index (χ3v) is 3.04. The second-order valence-electron chi connectivity index (χ2n) is 4.80. The Kier molecular flexibility index (Phi) is 5.53. The first-order valence-electron chi connectivity index (χ1n) is 6.92. The van der Waals surface area contributed by atoms with Crippen LogP contribution in [-0.4, -0.2) is 38.7 Å². The molecule has 2 aromatic rings. The molecule has 0 aliphatic rings. The predicted octanol–water partition coefficient (Wildman–Crippen LogP) is 1.60. The number of rotatable bonds is 7. The Morgan fingerprint density at radius 3 is 2.59 bits per heavy atom. The van der Waals surface area contributed by atoms with E-state index in [4.69, 9.17) is 5.11 Å². The summed E-state index contributed by atoms with van der Waals surface area (Å²) in [5.41, 5.74) is 1.81. The molecule has 7 nitrogen and oxygen atoms in total. The number of urea groups is 1. The summed E-state index contributed by atoms with van der Waals surface area (Å²) in [5, 5.41) is 17.9. The van der Waals surface area contributed by atoms with Crippen LogP contribution in [0.4, 0.5) is 4.79 Å². The fraction of sp³-hybridized carbons (Fsp3) is 0.267. The van der Waals surface area contributed by atoms with Gasteiger partial charge in [-0.25, -0.2) is 4.79 Å². The zero-order valence-electron chi connectivity index (χ0n) is 12.0. The smallest absolute Gasteiger partial charge is 0.318 e. The Labute approximate surface area is 128 Å². The summed E-state index contributed by atoms with van der Waals surface area (Å²) in [5.74, 6) is -0.941. The van der Waals surface area contributed by atoms with Crippen molar-refractivity contribution < 1.29 is 14.7 Å². The highest BCUT2D eigenvalue weighted by Gasteiger charge is 2.15. The minimum Gasteiger partial charge on any atom is -0.481 e. The van der Waals surface area contributed by atoms with Crippen LogP contribution < -0.4 is 5.32 Å². The topological polar surface area (TPSA) is 98.3 Å². The van der Waals surface area contributed by atoms with Gasteiger partial charge in [0.05, 0.1) is 18.7 Å². The van der Waals surface area contributed by atoms with Gasteiger partial charge in [0.1, 0.15) is 0 Å². The minimum atomic E-state index is -0.941. The largest absolute Gasteiger partial charge is 0.481 e. The van der Waals surface area contributed by atoms with E-state index in [9.17, 15) is 9.59 Å². The molecule has 0 aliphatic carbocycles. The molecule has 7 heteroatoms. The van der Waals surface area contributed by atoms with Gasteiger partial charge in [-0.15, -0.1) is 0 Å². The Hall–Kier alpha value is -2.83. The van der Waals surface area contributed by atoms with Crippen molar-refractivity contribution in [3.8, 4) is 0 Å². The third-order valence-electron chi connectivity index (χ3n) is 3.04. The fourth-order valence-corrected chi connectivity index (χ4v) is 1.97. The molecule has 0 aliphatic heterocycles. The molecule has 0 unspecified atom stereocenters. The lowest BCUT2D eigenvalue weighted by Crippen LogP contribution is -2.40. The van der Waals surface area contributed by atoms with Crippen LogP contribution in [0.5, 0.6) is 0 Å². The van der Waals surface area contributed by atoms with Crippen molar-refractivity contribution in [1.29, 1.82) is 0 Å². The molecular weight excluding hydrogens is 284 g/mol. The highest BCUT2D eigenvalue weighted by molar-refractivity contribution is 5.75. The Morgan fingerprint density at radius 2 is 1.95 bits per heavy atom. The molecule has 3 N–H and O–H groups in total.